The summed E-state index contributed by atoms with van der Waals surface area (Å²) in [5.41, 5.74) is 0.0568. The van der Waals surface area contributed by atoms with Gasteiger partial charge in [0.15, 0.2) is 5.52 Å². The quantitative estimate of drug-likeness (QED) is 0.487. The molecule has 0 fully saturated rings. The normalized spacial score (nSPS) is 12.3. The van der Waals surface area contributed by atoms with Crippen molar-refractivity contribution in [3.8, 4) is 0 Å². The maximum atomic E-state index is 10.7. The fourth-order valence-electron chi connectivity index (χ4n) is 1.42. The SMILES string of the molecule is CC(C)C(/C=C/C(=O)P)C(C)C. The van der Waals surface area contributed by atoms with E-state index in [2.05, 4.69) is 36.9 Å². The van der Waals surface area contributed by atoms with Gasteiger partial charge in [0.05, 0.1) is 0 Å². The zero-order valence-corrected chi connectivity index (χ0v) is 9.53. The molecule has 2 heteroatoms. The number of rotatable bonds is 4. The van der Waals surface area contributed by atoms with Crippen molar-refractivity contribution in [3.63, 3.8) is 0 Å². The van der Waals surface area contributed by atoms with Crippen molar-refractivity contribution < 1.29 is 4.79 Å². The van der Waals surface area contributed by atoms with E-state index in [4.69, 9.17) is 0 Å². The van der Waals surface area contributed by atoms with Crippen LogP contribution in [0.2, 0.25) is 0 Å². The van der Waals surface area contributed by atoms with Crippen LogP contribution in [0, 0.1) is 17.8 Å². The molecule has 0 saturated heterocycles. The summed E-state index contributed by atoms with van der Waals surface area (Å²) in [6.45, 7) is 8.73. The lowest BCUT2D eigenvalue weighted by molar-refractivity contribution is -0.107. The molecule has 0 heterocycles. The maximum absolute atomic E-state index is 10.7. The van der Waals surface area contributed by atoms with E-state index in [1.54, 1.807) is 6.08 Å². The molecule has 0 bridgehead atoms. The Morgan fingerprint density at radius 2 is 1.58 bits per heavy atom. The largest absolute Gasteiger partial charge is 0.290 e. The molecule has 0 aliphatic carbocycles. The van der Waals surface area contributed by atoms with Crippen molar-refractivity contribution >= 4 is 14.8 Å². The summed E-state index contributed by atoms with van der Waals surface area (Å²) >= 11 is 0. The first kappa shape index (κ1) is 11.8. The van der Waals surface area contributed by atoms with Crippen LogP contribution in [0.25, 0.3) is 0 Å². The summed E-state index contributed by atoms with van der Waals surface area (Å²) in [6.07, 6.45) is 3.67. The number of hydrogen-bond acceptors (Lipinski definition) is 1. The summed E-state index contributed by atoms with van der Waals surface area (Å²) in [4.78, 5) is 10.7. The Hall–Kier alpha value is -0.160. The van der Waals surface area contributed by atoms with Crippen LogP contribution < -0.4 is 0 Å². The molecule has 0 aromatic carbocycles. The van der Waals surface area contributed by atoms with Gasteiger partial charge in [-0.3, -0.25) is 4.79 Å². The van der Waals surface area contributed by atoms with Gasteiger partial charge in [-0.15, -0.1) is 0 Å². The molecule has 1 nitrogen and oxygen atoms in total. The van der Waals surface area contributed by atoms with Crippen molar-refractivity contribution in [3.05, 3.63) is 12.2 Å². The predicted octanol–water partition coefficient (Wildman–Crippen LogP) is 2.87. The fourth-order valence-corrected chi connectivity index (χ4v) is 1.53. The van der Waals surface area contributed by atoms with Gasteiger partial charge in [-0.2, -0.15) is 0 Å². The second kappa shape index (κ2) is 5.48. The summed E-state index contributed by atoms with van der Waals surface area (Å²) in [5, 5.41) is 0. The van der Waals surface area contributed by atoms with Gasteiger partial charge in [0.1, 0.15) is 0 Å². The second-order valence-corrected chi connectivity index (χ2v) is 4.40. The highest BCUT2D eigenvalue weighted by atomic mass is 31.0. The molecule has 0 radical (unpaired) electrons. The highest BCUT2D eigenvalue weighted by molar-refractivity contribution is 7.40. The van der Waals surface area contributed by atoms with Crippen molar-refractivity contribution in [2.75, 3.05) is 0 Å². The van der Waals surface area contributed by atoms with Crippen LogP contribution in [0.4, 0.5) is 0 Å². The highest BCUT2D eigenvalue weighted by Gasteiger charge is 2.13. The minimum Gasteiger partial charge on any atom is -0.290 e. The van der Waals surface area contributed by atoms with Gasteiger partial charge in [0.2, 0.25) is 0 Å². The van der Waals surface area contributed by atoms with E-state index >= 15 is 0 Å². The molecule has 0 spiro atoms. The molecule has 0 aliphatic rings. The highest BCUT2D eigenvalue weighted by Crippen LogP contribution is 2.21. The minimum atomic E-state index is 0.0568. The molecule has 0 saturated carbocycles. The van der Waals surface area contributed by atoms with Gasteiger partial charge in [0.25, 0.3) is 0 Å². The second-order valence-electron chi connectivity index (χ2n) is 3.83. The molecule has 1 unspecified atom stereocenters. The van der Waals surface area contributed by atoms with Gasteiger partial charge in [-0.05, 0) is 23.8 Å². The lowest BCUT2D eigenvalue weighted by atomic mass is 9.85. The number of allylic oxidation sites excluding steroid dienone is 2. The van der Waals surface area contributed by atoms with Crippen LogP contribution in [0.3, 0.4) is 0 Å². The Labute approximate surface area is 77.8 Å². The fraction of sp³-hybridized carbons (Fsp3) is 0.700. The lowest BCUT2D eigenvalue weighted by Crippen LogP contribution is -2.12. The summed E-state index contributed by atoms with van der Waals surface area (Å²) in [6, 6.07) is 0. The molecular formula is C10H19OP. The Morgan fingerprint density at radius 3 is 1.83 bits per heavy atom. The van der Waals surface area contributed by atoms with E-state index in [1.165, 1.54) is 0 Å². The van der Waals surface area contributed by atoms with E-state index in [9.17, 15) is 4.79 Å². The monoisotopic (exact) mass is 186 g/mol. The Balaban J connectivity index is 4.23. The molecule has 0 aliphatic heterocycles. The molecule has 70 valence electrons. The third kappa shape index (κ3) is 4.66. The van der Waals surface area contributed by atoms with Crippen molar-refractivity contribution in [2.24, 2.45) is 17.8 Å². The number of hydrogen-bond donors (Lipinski definition) is 0. The van der Waals surface area contributed by atoms with Crippen molar-refractivity contribution in [2.45, 2.75) is 27.7 Å². The van der Waals surface area contributed by atoms with Crippen LogP contribution in [0.5, 0.6) is 0 Å². The molecule has 1 atom stereocenters. The zero-order chi connectivity index (χ0) is 9.72. The molecule has 0 aromatic rings. The van der Waals surface area contributed by atoms with Gasteiger partial charge in [0, 0.05) is 0 Å². The first-order chi connectivity index (χ1) is 5.45. The third-order valence-electron chi connectivity index (χ3n) is 2.02. The zero-order valence-electron chi connectivity index (χ0n) is 8.37. The molecule has 0 amide bonds. The standard InChI is InChI=1S/C10H19OP/c1-7(2)9(8(3)4)5-6-10(11)12/h5-9H,12H2,1-4H3/b6-5+. The first-order valence-corrected chi connectivity index (χ1v) is 5.00. The maximum Gasteiger partial charge on any atom is 0.170 e. The Bertz CT molecular complexity index is 163. The first-order valence-electron chi connectivity index (χ1n) is 4.42. The summed E-state index contributed by atoms with van der Waals surface area (Å²) in [7, 11) is 2.16. The average Bonchev–Trinajstić information content (AvgIpc) is 1.84. The van der Waals surface area contributed by atoms with Crippen LogP contribution in [0.1, 0.15) is 27.7 Å². The van der Waals surface area contributed by atoms with Crippen LogP contribution in [-0.4, -0.2) is 5.52 Å². The van der Waals surface area contributed by atoms with Crippen molar-refractivity contribution in [1.82, 2.24) is 0 Å². The van der Waals surface area contributed by atoms with Crippen LogP contribution >= 0.6 is 9.24 Å². The number of carbonyl (C=O) groups is 1. The van der Waals surface area contributed by atoms with E-state index in [-0.39, 0.29) is 5.52 Å². The van der Waals surface area contributed by atoms with E-state index < -0.39 is 0 Å². The van der Waals surface area contributed by atoms with Gasteiger partial charge in [-0.25, -0.2) is 0 Å². The van der Waals surface area contributed by atoms with Crippen LogP contribution in [-0.2, 0) is 4.79 Å². The average molecular weight is 186 g/mol. The lowest BCUT2D eigenvalue weighted by Gasteiger charge is -2.20. The van der Waals surface area contributed by atoms with Crippen LogP contribution in [0.15, 0.2) is 12.2 Å². The molecule has 0 rings (SSSR count). The minimum absolute atomic E-state index is 0.0568. The third-order valence-corrected chi connectivity index (χ3v) is 2.21. The molecule has 12 heavy (non-hydrogen) atoms. The summed E-state index contributed by atoms with van der Waals surface area (Å²) < 4.78 is 0. The molecular weight excluding hydrogens is 167 g/mol. The Kier molecular flexibility index (Phi) is 5.41. The predicted molar refractivity (Wildman–Crippen MR) is 57.0 cm³/mol. The van der Waals surface area contributed by atoms with E-state index in [1.807, 2.05) is 6.08 Å². The smallest absolute Gasteiger partial charge is 0.170 e. The Morgan fingerprint density at radius 1 is 1.17 bits per heavy atom. The van der Waals surface area contributed by atoms with Gasteiger partial charge >= 0.3 is 0 Å². The van der Waals surface area contributed by atoms with E-state index in [0.29, 0.717) is 17.8 Å². The molecule has 0 N–H and O–H groups in total. The topological polar surface area (TPSA) is 17.1 Å². The van der Waals surface area contributed by atoms with Gasteiger partial charge in [-0.1, -0.05) is 43.0 Å². The van der Waals surface area contributed by atoms with Crippen molar-refractivity contribution in [1.29, 1.82) is 0 Å². The number of carbonyl (C=O) groups excluding carboxylic acids is 1. The van der Waals surface area contributed by atoms with E-state index in [0.717, 1.165) is 0 Å². The summed E-state index contributed by atoms with van der Waals surface area (Å²) in [5.74, 6) is 1.71. The molecule has 0 aromatic heterocycles. The van der Waals surface area contributed by atoms with Gasteiger partial charge < -0.3 is 0 Å².